The molecule has 138 valence electrons. The lowest BCUT2D eigenvalue weighted by atomic mass is 10.1. The maximum Gasteiger partial charge on any atom is 0.270 e. The summed E-state index contributed by atoms with van der Waals surface area (Å²) in [6.45, 7) is 0.372. The molecule has 0 fully saturated rings. The predicted octanol–water partition coefficient (Wildman–Crippen LogP) is 6.05. The second-order valence-electron chi connectivity index (χ2n) is 5.42. The van der Waals surface area contributed by atoms with Crippen LogP contribution in [0.1, 0.15) is 11.3 Å². The first kappa shape index (κ1) is 19.4. The number of rotatable bonds is 6. The van der Waals surface area contributed by atoms with Gasteiger partial charge in [-0.2, -0.15) is 5.10 Å². The summed E-state index contributed by atoms with van der Waals surface area (Å²) in [6.07, 6.45) is 1.52. The van der Waals surface area contributed by atoms with Gasteiger partial charge in [0.25, 0.3) is 5.69 Å². The Labute approximate surface area is 173 Å². The molecule has 1 heterocycles. The Morgan fingerprint density at radius 2 is 1.93 bits per heavy atom. The molecule has 0 unspecified atom stereocenters. The molecule has 0 saturated heterocycles. The molecule has 9 heteroatoms. The van der Waals surface area contributed by atoms with Crippen molar-refractivity contribution in [3.63, 3.8) is 0 Å². The third-order valence-corrected chi connectivity index (χ3v) is 5.02. The average Bonchev–Trinajstić information content (AvgIpc) is 3.09. The van der Waals surface area contributed by atoms with Crippen LogP contribution in [0.2, 0.25) is 10.0 Å². The highest BCUT2D eigenvalue weighted by atomic mass is 79.9. The molecule has 0 aliphatic heterocycles. The molecular formula is C18H12BrCl2N3O3. The van der Waals surface area contributed by atoms with Crippen LogP contribution in [0, 0.1) is 10.1 Å². The number of nitrogens with zero attached hydrogens (tertiary/aromatic N) is 2. The van der Waals surface area contributed by atoms with Gasteiger partial charge in [0.15, 0.2) is 0 Å². The maximum atomic E-state index is 10.8. The van der Waals surface area contributed by atoms with Crippen LogP contribution in [-0.4, -0.2) is 11.1 Å². The molecule has 0 saturated carbocycles. The molecule has 1 N–H and O–H groups in total. The zero-order valence-electron chi connectivity index (χ0n) is 13.7. The fourth-order valence-corrected chi connectivity index (χ4v) is 3.41. The Morgan fingerprint density at radius 1 is 1.19 bits per heavy atom. The molecular weight excluding hydrogens is 457 g/mol. The lowest BCUT2D eigenvalue weighted by molar-refractivity contribution is -0.384. The van der Waals surface area contributed by atoms with Crippen molar-refractivity contribution in [1.82, 2.24) is 5.43 Å². The van der Waals surface area contributed by atoms with Crippen molar-refractivity contribution in [2.45, 2.75) is 6.54 Å². The van der Waals surface area contributed by atoms with E-state index < -0.39 is 4.92 Å². The van der Waals surface area contributed by atoms with E-state index in [0.29, 0.717) is 38.1 Å². The van der Waals surface area contributed by atoms with Crippen LogP contribution in [0.25, 0.3) is 11.3 Å². The molecule has 27 heavy (non-hydrogen) atoms. The number of non-ortho nitro benzene ring substituents is 1. The van der Waals surface area contributed by atoms with Crippen LogP contribution in [0.15, 0.2) is 62.5 Å². The van der Waals surface area contributed by atoms with Crippen LogP contribution in [-0.2, 0) is 6.54 Å². The number of hydrogen-bond donors (Lipinski definition) is 1. The summed E-state index contributed by atoms with van der Waals surface area (Å²) in [7, 11) is 0. The van der Waals surface area contributed by atoms with E-state index in [2.05, 4.69) is 26.5 Å². The van der Waals surface area contributed by atoms with Crippen LogP contribution in [0.4, 0.5) is 5.69 Å². The molecule has 0 amide bonds. The first-order chi connectivity index (χ1) is 13.0. The molecule has 0 spiro atoms. The number of benzene rings is 2. The zero-order valence-corrected chi connectivity index (χ0v) is 16.8. The monoisotopic (exact) mass is 467 g/mol. The van der Waals surface area contributed by atoms with Gasteiger partial charge in [0.1, 0.15) is 11.5 Å². The highest BCUT2D eigenvalue weighted by Crippen LogP contribution is 2.32. The Hall–Kier alpha value is -2.35. The van der Waals surface area contributed by atoms with Crippen molar-refractivity contribution in [2.24, 2.45) is 5.10 Å². The van der Waals surface area contributed by atoms with E-state index in [4.69, 9.17) is 27.6 Å². The van der Waals surface area contributed by atoms with Gasteiger partial charge in [0, 0.05) is 37.8 Å². The van der Waals surface area contributed by atoms with Crippen LogP contribution < -0.4 is 5.43 Å². The fraction of sp³-hybridized carbons (Fsp3) is 0.0556. The van der Waals surface area contributed by atoms with Crippen molar-refractivity contribution in [1.29, 1.82) is 0 Å². The van der Waals surface area contributed by atoms with Gasteiger partial charge in [-0.05, 0) is 46.3 Å². The van der Waals surface area contributed by atoms with Crippen LogP contribution in [0.5, 0.6) is 0 Å². The summed E-state index contributed by atoms with van der Waals surface area (Å²) in [5, 5.41) is 16.0. The molecule has 0 atom stereocenters. The van der Waals surface area contributed by atoms with Crippen molar-refractivity contribution in [3.05, 3.63) is 84.5 Å². The summed E-state index contributed by atoms with van der Waals surface area (Å²) in [5.74, 6) is 1.08. The zero-order chi connectivity index (χ0) is 19.4. The standard InChI is InChI=1S/C18H12BrCl2N3O3/c19-15-8-11(24(25)26)4-6-13(15)18-7-5-12(27-18)9-22-23-10-14-16(20)2-1-3-17(14)21/h1-9,23H,10H2/b22-9-. The third-order valence-electron chi connectivity index (χ3n) is 3.66. The number of hydrogen-bond acceptors (Lipinski definition) is 5. The highest BCUT2D eigenvalue weighted by molar-refractivity contribution is 9.10. The van der Waals surface area contributed by atoms with Gasteiger partial charge in [0.2, 0.25) is 0 Å². The molecule has 3 aromatic rings. The van der Waals surface area contributed by atoms with Gasteiger partial charge in [0.05, 0.1) is 17.7 Å². The van der Waals surface area contributed by atoms with Gasteiger partial charge in [-0.15, -0.1) is 0 Å². The minimum absolute atomic E-state index is 0.00130. The molecule has 6 nitrogen and oxygen atoms in total. The summed E-state index contributed by atoms with van der Waals surface area (Å²) < 4.78 is 6.28. The van der Waals surface area contributed by atoms with E-state index in [1.807, 2.05) is 0 Å². The molecule has 0 aliphatic carbocycles. The van der Waals surface area contributed by atoms with Gasteiger partial charge in [-0.3, -0.25) is 10.1 Å². The van der Waals surface area contributed by atoms with E-state index in [0.717, 1.165) is 5.56 Å². The lowest BCUT2D eigenvalue weighted by Crippen LogP contribution is -2.06. The topological polar surface area (TPSA) is 80.7 Å². The number of halogens is 3. The quantitative estimate of drug-likeness (QED) is 0.271. The normalized spacial score (nSPS) is 11.1. The molecule has 0 bridgehead atoms. The van der Waals surface area contributed by atoms with Crippen molar-refractivity contribution in [2.75, 3.05) is 0 Å². The second-order valence-corrected chi connectivity index (χ2v) is 7.09. The van der Waals surface area contributed by atoms with Gasteiger partial charge < -0.3 is 9.84 Å². The number of nitro groups is 1. The summed E-state index contributed by atoms with van der Waals surface area (Å²) in [4.78, 5) is 10.4. The highest BCUT2D eigenvalue weighted by Gasteiger charge is 2.13. The van der Waals surface area contributed by atoms with E-state index in [1.165, 1.54) is 18.3 Å². The predicted molar refractivity (Wildman–Crippen MR) is 109 cm³/mol. The molecule has 2 aromatic carbocycles. The summed E-state index contributed by atoms with van der Waals surface area (Å²) >= 11 is 15.5. The van der Waals surface area contributed by atoms with E-state index in [-0.39, 0.29) is 5.69 Å². The van der Waals surface area contributed by atoms with Gasteiger partial charge in [-0.25, -0.2) is 0 Å². The number of hydrazone groups is 1. The number of nitrogens with one attached hydrogen (secondary N) is 1. The van der Waals surface area contributed by atoms with E-state index in [1.54, 1.807) is 36.4 Å². The van der Waals surface area contributed by atoms with Crippen molar-refractivity contribution >= 4 is 51.0 Å². The molecule has 0 aliphatic rings. The smallest absolute Gasteiger partial charge is 0.270 e. The minimum atomic E-state index is -0.453. The largest absolute Gasteiger partial charge is 0.455 e. The molecule has 1 aromatic heterocycles. The Balaban J connectivity index is 1.68. The molecule has 3 rings (SSSR count). The van der Waals surface area contributed by atoms with Crippen LogP contribution >= 0.6 is 39.1 Å². The maximum absolute atomic E-state index is 10.8. The Bertz CT molecular complexity index is 1000. The Kier molecular flexibility index (Phi) is 6.15. The van der Waals surface area contributed by atoms with Crippen molar-refractivity contribution < 1.29 is 9.34 Å². The summed E-state index contributed by atoms with van der Waals surface area (Å²) in [6, 6.07) is 13.3. The minimum Gasteiger partial charge on any atom is -0.455 e. The number of nitro benzene ring substituents is 1. The number of furan rings is 1. The molecule has 0 radical (unpaired) electrons. The summed E-state index contributed by atoms with van der Waals surface area (Å²) in [5.41, 5.74) is 4.33. The first-order valence-electron chi connectivity index (χ1n) is 7.68. The SMILES string of the molecule is O=[N+]([O-])c1ccc(-c2ccc(/C=N\NCc3c(Cl)cccc3Cl)o2)c(Br)c1. The second kappa shape index (κ2) is 8.56. The van der Waals surface area contributed by atoms with E-state index in [9.17, 15) is 10.1 Å². The fourth-order valence-electron chi connectivity index (χ4n) is 2.32. The van der Waals surface area contributed by atoms with Crippen molar-refractivity contribution in [3.8, 4) is 11.3 Å². The first-order valence-corrected chi connectivity index (χ1v) is 9.23. The Morgan fingerprint density at radius 3 is 2.59 bits per heavy atom. The lowest BCUT2D eigenvalue weighted by Gasteiger charge is -2.05. The van der Waals surface area contributed by atoms with E-state index >= 15 is 0 Å². The average molecular weight is 469 g/mol. The van der Waals surface area contributed by atoms with Gasteiger partial charge in [-0.1, -0.05) is 29.3 Å². The third kappa shape index (κ3) is 4.68. The van der Waals surface area contributed by atoms with Crippen LogP contribution in [0.3, 0.4) is 0 Å². The van der Waals surface area contributed by atoms with Gasteiger partial charge >= 0.3 is 0 Å².